The van der Waals surface area contributed by atoms with Crippen LogP contribution < -0.4 is 20.7 Å². The SMILES string of the molecule is Brc1ccccc1-c1ccccc1-c1ccccc1Br.c1ccc([Si]2(c3ccccc3)c3ccccc3-c3ccccc3-c3ccccc32)cc1. The number of halogens is 2. The van der Waals surface area contributed by atoms with Crippen molar-refractivity contribution in [1.82, 2.24) is 0 Å². The van der Waals surface area contributed by atoms with E-state index in [4.69, 9.17) is 0 Å². The summed E-state index contributed by atoms with van der Waals surface area (Å²) in [5.41, 5.74) is 10.2. The van der Waals surface area contributed by atoms with Crippen molar-refractivity contribution in [3.8, 4) is 44.5 Å². The third-order valence-corrected chi connectivity index (χ3v) is 16.1. The molecular formula is C48H34Br2Si. The summed E-state index contributed by atoms with van der Waals surface area (Å²) in [6.07, 6.45) is 0. The molecule has 0 amide bonds. The second kappa shape index (κ2) is 14.7. The summed E-state index contributed by atoms with van der Waals surface area (Å²) in [4.78, 5) is 0. The smallest absolute Gasteiger partial charge is 0.0623 e. The Bertz CT molecular complexity index is 2280. The van der Waals surface area contributed by atoms with E-state index in [0.29, 0.717) is 0 Å². The molecule has 0 aliphatic carbocycles. The molecule has 0 spiro atoms. The van der Waals surface area contributed by atoms with E-state index in [-0.39, 0.29) is 0 Å². The van der Waals surface area contributed by atoms with Gasteiger partial charge in [0.05, 0.1) is 0 Å². The van der Waals surface area contributed by atoms with E-state index in [1.54, 1.807) is 0 Å². The van der Waals surface area contributed by atoms with Crippen LogP contribution in [0.2, 0.25) is 0 Å². The zero-order valence-corrected chi connectivity index (χ0v) is 32.1. The van der Waals surface area contributed by atoms with E-state index >= 15 is 0 Å². The monoisotopic (exact) mass is 796 g/mol. The Morgan fingerprint density at radius 2 is 0.490 bits per heavy atom. The van der Waals surface area contributed by atoms with Crippen LogP contribution in [0, 0.1) is 0 Å². The second-order valence-electron chi connectivity index (χ2n) is 12.6. The quantitative estimate of drug-likeness (QED) is 0.156. The summed E-state index contributed by atoms with van der Waals surface area (Å²) in [5.74, 6) is 0. The molecule has 51 heavy (non-hydrogen) atoms. The van der Waals surface area contributed by atoms with Crippen LogP contribution in [0.1, 0.15) is 0 Å². The molecule has 0 saturated carbocycles. The van der Waals surface area contributed by atoms with E-state index in [0.717, 1.165) is 8.95 Å². The fourth-order valence-electron chi connectivity index (χ4n) is 7.67. The average molecular weight is 799 g/mol. The van der Waals surface area contributed by atoms with Gasteiger partial charge in [-0.15, -0.1) is 0 Å². The molecule has 244 valence electrons. The minimum Gasteiger partial charge on any atom is -0.0623 e. The lowest BCUT2D eigenvalue weighted by atomic mass is 9.95. The minimum absolute atomic E-state index is 1.11. The number of hydrogen-bond donors (Lipinski definition) is 0. The molecule has 0 N–H and O–H groups in total. The summed E-state index contributed by atoms with van der Waals surface area (Å²) >= 11 is 7.29. The van der Waals surface area contributed by atoms with E-state index in [9.17, 15) is 0 Å². The zero-order chi connectivity index (χ0) is 34.6. The molecule has 1 aliphatic heterocycles. The van der Waals surface area contributed by atoms with Crippen LogP contribution in [0.3, 0.4) is 0 Å². The van der Waals surface area contributed by atoms with Crippen molar-refractivity contribution in [3.05, 3.63) is 215 Å². The molecule has 0 saturated heterocycles. The highest BCUT2D eigenvalue weighted by molar-refractivity contribution is 9.11. The Kier molecular flexibility index (Phi) is 9.51. The lowest BCUT2D eigenvalue weighted by Gasteiger charge is -2.35. The van der Waals surface area contributed by atoms with Crippen LogP contribution in [0.5, 0.6) is 0 Å². The lowest BCUT2D eigenvalue weighted by molar-refractivity contribution is 1.54. The van der Waals surface area contributed by atoms with Gasteiger partial charge in [-0.2, -0.15) is 0 Å². The van der Waals surface area contributed by atoms with Gasteiger partial charge in [-0.3, -0.25) is 0 Å². The van der Waals surface area contributed by atoms with Crippen LogP contribution in [-0.4, -0.2) is 8.07 Å². The van der Waals surface area contributed by atoms with E-state index in [1.807, 2.05) is 12.1 Å². The molecule has 0 aromatic heterocycles. The van der Waals surface area contributed by atoms with Gasteiger partial charge in [0.15, 0.2) is 8.07 Å². The number of benzene rings is 8. The highest BCUT2D eigenvalue weighted by atomic mass is 79.9. The van der Waals surface area contributed by atoms with Gasteiger partial charge >= 0.3 is 0 Å². The normalized spacial score (nSPS) is 12.3. The Hall–Kier alpha value is -5.06. The third-order valence-electron chi connectivity index (χ3n) is 9.84. The van der Waals surface area contributed by atoms with E-state index in [1.165, 1.54) is 65.3 Å². The van der Waals surface area contributed by atoms with E-state index in [2.05, 4.69) is 226 Å². The molecule has 0 radical (unpaired) electrons. The molecule has 0 atom stereocenters. The van der Waals surface area contributed by atoms with Gasteiger partial charge in [0.2, 0.25) is 0 Å². The standard InChI is InChI=1S/C30H22Si.C18H12Br2/c1-3-13-23(14-4-1)31(24-15-5-2-6-16-24)29-21-11-9-19-27(29)25-17-7-8-18-26(25)28-20-10-12-22-30(28)31;19-17-11-5-3-9-15(17)13-7-1-2-8-14(13)16-10-4-6-12-18(16)20/h1-22H;1-12H. The molecule has 3 heteroatoms. The first-order chi connectivity index (χ1) is 25.2. The molecule has 8 aromatic carbocycles. The molecule has 8 aromatic rings. The maximum Gasteiger partial charge on any atom is 0.180 e. The Labute approximate surface area is 318 Å². The fraction of sp³-hybridized carbons (Fsp3) is 0. The Balaban J connectivity index is 0.000000162. The molecule has 0 nitrogen and oxygen atoms in total. The zero-order valence-electron chi connectivity index (χ0n) is 27.9. The predicted molar refractivity (Wildman–Crippen MR) is 227 cm³/mol. The number of rotatable bonds is 4. The van der Waals surface area contributed by atoms with Crippen LogP contribution >= 0.6 is 31.9 Å². The van der Waals surface area contributed by atoms with Gasteiger partial charge in [-0.25, -0.2) is 0 Å². The summed E-state index contributed by atoms with van der Waals surface area (Å²) in [5, 5.41) is 5.78. The summed E-state index contributed by atoms with van der Waals surface area (Å²) < 4.78 is 2.22. The predicted octanol–water partition coefficient (Wildman–Crippen LogP) is 11.3. The number of fused-ring (bicyclic) bond motifs is 5. The lowest BCUT2D eigenvalue weighted by Crippen LogP contribution is -2.75. The highest BCUT2D eigenvalue weighted by Gasteiger charge is 2.45. The van der Waals surface area contributed by atoms with E-state index < -0.39 is 8.07 Å². The fourth-order valence-corrected chi connectivity index (χ4v) is 13.9. The van der Waals surface area contributed by atoms with Crippen molar-refractivity contribution in [3.63, 3.8) is 0 Å². The average Bonchev–Trinajstić information content (AvgIpc) is 3.31. The van der Waals surface area contributed by atoms with Crippen molar-refractivity contribution in [1.29, 1.82) is 0 Å². The van der Waals surface area contributed by atoms with Crippen molar-refractivity contribution in [2.75, 3.05) is 0 Å². The van der Waals surface area contributed by atoms with Crippen molar-refractivity contribution in [2.45, 2.75) is 0 Å². The molecule has 0 unspecified atom stereocenters. The molecule has 0 fully saturated rings. The molecule has 9 rings (SSSR count). The van der Waals surface area contributed by atoms with Gasteiger partial charge in [-0.05, 0) is 77.4 Å². The van der Waals surface area contributed by atoms with Gasteiger partial charge in [-0.1, -0.05) is 226 Å². The molecule has 1 aliphatic rings. The van der Waals surface area contributed by atoms with Gasteiger partial charge < -0.3 is 0 Å². The largest absolute Gasteiger partial charge is 0.180 e. The Morgan fingerprint density at radius 1 is 0.235 bits per heavy atom. The second-order valence-corrected chi connectivity index (χ2v) is 18.1. The first-order valence-corrected chi connectivity index (χ1v) is 20.7. The minimum atomic E-state index is -2.52. The first-order valence-electron chi connectivity index (χ1n) is 17.2. The maximum absolute atomic E-state index is 3.65. The summed E-state index contributed by atoms with van der Waals surface area (Å²) in [7, 11) is -2.52. The molecule has 0 bridgehead atoms. The van der Waals surface area contributed by atoms with Crippen molar-refractivity contribution in [2.24, 2.45) is 0 Å². The number of hydrogen-bond acceptors (Lipinski definition) is 0. The van der Waals surface area contributed by atoms with Crippen LogP contribution in [0.4, 0.5) is 0 Å². The highest BCUT2D eigenvalue weighted by Crippen LogP contribution is 2.39. The van der Waals surface area contributed by atoms with Gasteiger partial charge in [0.25, 0.3) is 0 Å². The van der Waals surface area contributed by atoms with Crippen molar-refractivity contribution >= 4 is 60.7 Å². The van der Waals surface area contributed by atoms with Crippen molar-refractivity contribution < 1.29 is 0 Å². The summed E-state index contributed by atoms with van der Waals surface area (Å²) in [6, 6.07) is 74.5. The van der Waals surface area contributed by atoms with Gasteiger partial charge in [0.1, 0.15) is 0 Å². The van der Waals surface area contributed by atoms with Crippen LogP contribution in [0.25, 0.3) is 44.5 Å². The topological polar surface area (TPSA) is 0 Å². The van der Waals surface area contributed by atoms with Crippen LogP contribution in [-0.2, 0) is 0 Å². The molecular weight excluding hydrogens is 764 g/mol. The van der Waals surface area contributed by atoms with Gasteiger partial charge in [0, 0.05) is 8.95 Å². The third kappa shape index (κ3) is 6.06. The maximum atomic E-state index is 3.65. The first kappa shape index (κ1) is 33.1. The molecule has 1 heterocycles. The Morgan fingerprint density at radius 3 is 0.843 bits per heavy atom. The van der Waals surface area contributed by atoms with Crippen LogP contribution in [0.15, 0.2) is 215 Å². The summed E-state index contributed by atoms with van der Waals surface area (Å²) in [6.45, 7) is 0.